The highest BCUT2D eigenvalue weighted by molar-refractivity contribution is 6.38. The van der Waals surface area contributed by atoms with Crippen LogP contribution in [0.5, 0.6) is 0 Å². The second-order valence-corrected chi connectivity index (χ2v) is 4.53. The highest BCUT2D eigenvalue weighted by Crippen LogP contribution is 2.33. The van der Waals surface area contributed by atoms with Gasteiger partial charge in [-0.05, 0) is 19.5 Å². The van der Waals surface area contributed by atoms with E-state index in [1.54, 1.807) is 12.1 Å². The molecule has 2 aromatic rings. The lowest BCUT2D eigenvalue weighted by atomic mass is 10.1. The molecule has 0 unspecified atom stereocenters. The maximum atomic E-state index is 6.15. The first-order valence-electron chi connectivity index (χ1n) is 5.21. The number of rotatable bonds is 3. The number of halogens is 2. The van der Waals surface area contributed by atoms with Crippen LogP contribution in [0.2, 0.25) is 10.0 Å². The standard InChI is InChI=1S/C12H13Cl2NO/c1-3-15-6-11-7(2)12-9(14)4-8(13)5-10(12)16-11/h4-5,15H,3,6H2,1-2H3. The summed E-state index contributed by atoms with van der Waals surface area (Å²) in [4.78, 5) is 0. The molecule has 1 aromatic carbocycles. The van der Waals surface area contributed by atoms with Crippen LogP contribution in [0.3, 0.4) is 0 Å². The Balaban J connectivity index is 2.54. The zero-order valence-corrected chi connectivity index (χ0v) is 10.7. The number of hydrogen-bond donors (Lipinski definition) is 1. The fourth-order valence-electron chi connectivity index (χ4n) is 1.75. The summed E-state index contributed by atoms with van der Waals surface area (Å²) >= 11 is 12.1. The Labute approximate surface area is 105 Å². The van der Waals surface area contributed by atoms with Crippen LogP contribution in [0.1, 0.15) is 18.2 Å². The van der Waals surface area contributed by atoms with E-state index < -0.39 is 0 Å². The molecule has 0 bridgehead atoms. The second-order valence-electron chi connectivity index (χ2n) is 3.69. The van der Waals surface area contributed by atoms with E-state index in [0.717, 1.165) is 28.8 Å². The Bertz CT molecular complexity index is 519. The molecule has 0 aliphatic rings. The monoisotopic (exact) mass is 257 g/mol. The number of nitrogens with one attached hydrogen (secondary N) is 1. The van der Waals surface area contributed by atoms with Crippen molar-refractivity contribution in [3.63, 3.8) is 0 Å². The van der Waals surface area contributed by atoms with Gasteiger partial charge in [-0.15, -0.1) is 0 Å². The first-order valence-corrected chi connectivity index (χ1v) is 5.96. The average molecular weight is 258 g/mol. The molecule has 2 rings (SSSR count). The van der Waals surface area contributed by atoms with Crippen LogP contribution in [-0.4, -0.2) is 6.54 Å². The van der Waals surface area contributed by atoms with E-state index in [2.05, 4.69) is 12.2 Å². The summed E-state index contributed by atoms with van der Waals surface area (Å²) < 4.78 is 5.73. The molecule has 86 valence electrons. The molecule has 0 amide bonds. The van der Waals surface area contributed by atoms with Crippen molar-refractivity contribution in [1.82, 2.24) is 5.32 Å². The van der Waals surface area contributed by atoms with Crippen molar-refractivity contribution in [3.05, 3.63) is 33.5 Å². The molecule has 1 aromatic heterocycles. The summed E-state index contributed by atoms with van der Waals surface area (Å²) in [7, 11) is 0. The summed E-state index contributed by atoms with van der Waals surface area (Å²) in [6, 6.07) is 3.54. The van der Waals surface area contributed by atoms with E-state index in [1.165, 1.54) is 0 Å². The van der Waals surface area contributed by atoms with Gasteiger partial charge < -0.3 is 9.73 Å². The van der Waals surface area contributed by atoms with Gasteiger partial charge in [-0.25, -0.2) is 0 Å². The Morgan fingerprint density at radius 2 is 2.06 bits per heavy atom. The molecule has 0 spiro atoms. The lowest BCUT2D eigenvalue weighted by molar-refractivity contribution is 0.516. The third-order valence-electron chi connectivity index (χ3n) is 2.58. The number of benzene rings is 1. The van der Waals surface area contributed by atoms with Crippen molar-refractivity contribution in [2.45, 2.75) is 20.4 Å². The van der Waals surface area contributed by atoms with Crippen LogP contribution < -0.4 is 5.32 Å². The Hall–Kier alpha value is -0.700. The SMILES string of the molecule is CCNCc1oc2cc(Cl)cc(Cl)c2c1C. The molecule has 0 fully saturated rings. The summed E-state index contributed by atoms with van der Waals surface area (Å²) in [5, 5.41) is 5.43. The van der Waals surface area contributed by atoms with E-state index in [4.69, 9.17) is 27.6 Å². The maximum absolute atomic E-state index is 6.15. The molecule has 0 saturated heterocycles. The number of aryl methyl sites for hydroxylation is 1. The van der Waals surface area contributed by atoms with Gasteiger partial charge in [-0.3, -0.25) is 0 Å². The summed E-state index contributed by atoms with van der Waals surface area (Å²) in [5.41, 5.74) is 1.83. The van der Waals surface area contributed by atoms with Gasteiger partial charge in [0.05, 0.1) is 11.6 Å². The molecule has 0 aliphatic heterocycles. The highest BCUT2D eigenvalue weighted by Gasteiger charge is 2.13. The number of furan rings is 1. The van der Waals surface area contributed by atoms with E-state index in [-0.39, 0.29) is 0 Å². The van der Waals surface area contributed by atoms with Crippen LogP contribution in [0.15, 0.2) is 16.5 Å². The normalized spacial score (nSPS) is 11.2. The molecule has 0 radical (unpaired) electrons. The highest BCUT2D eigenvalue weighted by atomic mass is 35.5. The zero-order valence-electron chi connectivity index (χ0n) is 9.23. The van der Waals surface area contributed by atoms with Gasteiger partial charge in [0.2, 0.25) is 0 Å². The van der Waals surface area contributed by atoms with Crippen molar-refractivity contribution >= 4 is 34.2 Å². The minimum Gasteiger partial charge on any atom is -0.459 e. The first kappa shape index (κ1) is 11.8. The van der Waals surface area contributed by atoms with Crippen molar-refractivity contribution in [2.24, 2.45) is 0 Å². The molecular formula is C12H13Cl2NO. The molecule has 16 heavy (non-hydrogen) atoms. The van der Waals surface area contributed by atoms with Crippen molar-refractivity contribution in [1.29, 1.82) is 0 Å². The predicted molar refractivity (Wildman–Crippen MR) is 68.4 cm³/mol. The van der Waals surface area contributed by atoms with Gasteiger partial charge in [0, 0.05) is 22.0 Å². The molecule has 2 nitrogen and oxygen atoms in total. The summed E-state index contributed by atoms with van der Waals surface area (Å²) in [5.74, 6) is 0.918. The topological polar surface area (TPSA) is 25.2 Å². The van der Waals surface area contributed by atoms with Crippen LogP contribution in [0.25, 0.3) is 11.0 Å². The van der Waals surface area contributed by atoms with Crippen LogP contribution in [0, 0.1) is 6.92 Å². The predicted octanol–water partition coefficient (Wildman–Crippen LogP) is 4.16. The Morgan fingerprint density at radius 3 is 2.75 bits per heavy atom. The van der Waals surface area contributed by atoms with Gasteiger partial charge >= 0.3 is 0 Å². The first-order chi connectivity index (χ1) is 7.63. The molecule has 1 heterocycles. The Morgan fingerprint density at radius 1 is 1.31 bits per heavy atom. The van der Waals surface area contributed by atoms with Crippen LogP contribution in [-0.2, 0) is 6.54 Å². The minimum atomic E-state index is 0.598. The molecule has 0 aliphatic carbocycles. The molecule has 1 N–H and O–H groups in total. The largest absolute Gasteiger partial charge is 0.459 e. The average Bonchev–Trinajstić information content (AvgIpc) is 2.52. The third kappa shape index (κ3) is 2.05. The quantitative estimate of drug-likeness (QED) is 0.894. The molecule has 0 atom stereocenters. The van der Waals surface area contributed by atoms with Crippen LogP contribution >= 0.6 is 23.2 Å². The van der Waals surface area contributed by atoms with Crippen LogP contribution in [0.4, 0.5) is 0 Å². The van der Waals surface area contributed by atoms with Gasteiger partial charge in [0.25, 0.3) is 0 Å². The van der Waals surface area contributed by atoms with Crippen molar-refractivity contribution in [3.8, 4) is 0 Å². The summed E-state index contributed by atoms with van der Waals surface area (Å²) in [6.07, 6.45) is 0. The smallest absolute Gasteiger partial charge is 0.137 e. The molecular weight excluding hydrogens is 245 g/mol. The minimum absolute atomic E-state index is 0.598. The van der Waals surface area contributed by atoms with E-state index in [9.17, 15) is 0 Å². The van der Waals surface area contributed by atoms with Gasteiger partial charge in [-0.1, -0.05) is 30.1 Å². The van der Waals surface area contributed by atoms with Gasteiger partial charge in [0.1, 0.15) is 11.3 Å². The van der Waals surface area contributed by atoms with E-state index in [0.29, 0.717) is 16.6 Å². The summed E-state index contributed by atoms with van der Waals surface area (Å²) in [6.45, 7) is 5.69. The fourth-order valence-corrected chi connectivity index (χ4v) is 2.37. The van der Waals surface area contributed by atoms with Gasteiger partial charge in [-0.2, -0.15) is 0 Å². The second kappa shape index (κ2) is 4.66. The zero-order chi connectivity index (χ0) is 11.7. The molecule has 4 heteroatoms. The lowest BCUT2D eigenvalue weighted by Crippen LogP contribution is -2.11. The van der Waals surface area contributed by atoms with Crippen molar-refractivity contribution < 1.29 is 4.42 Å². The molecule has 0 saturated carbocycles. The number of fused-ring (bicyclic) bond motifs is 1. The Kier molecular flexibility index (Phi) is 3.43. The fraction of sp³-hybridized carbons (Fsp3) is 0.333. The number of hydrogen-bond acceptors (Lipinski definition) is 2. The van der Waals surface area contributed by atoms with E-state index in [1.807, 2.05) is 6.92 Å². The van der Waals surface area contributed by atoms with Crippen molar-refractivity contribution in [2.75, 3.05) is 6.54 Å². The maximum Gasteiger partial charge on any atom is 0.137 e. The third-order valence-corrected chi connectivity index (χ3v) is 3.10. The van der Waals surface area contributed by atoms with Gasteiger partial charge in [0.15, 0.2) is 0 Å². The van der Waals surface area contributed by atoms with E-state index >= 15 is 0 Å². The lowest BCUT2D eigenvalue weighted by Gasteiger charge is -1.98.